The van der Waals surface area contributed by atoms with Crippen LogP contribution < -0.4 is 5.32 Å². The SMILES string of the molecule is CC(C)N(CC#CCNC(=O)c1ccccc1Br)C(C)C. The van der Waals surface area contributed by atoms with Gasteiger partial charge in [0.05, 0.1) is 18.7 Å². The molecule has 0 atom stereocenters. The van der Waals surface area contributed by atoms with Crippen molar-refractivity contribution >= 4 is 21.8 Å². The van der Waals surface area contributed by atoms with Crippen LogP contribution in [0.2, 0.25) is 0 Å². The van der Waals surface area contributed by atoms with Crippen LogP contribution in [0.1, 0.15) is 38.1 Å². The number of rotatable bonds is 5. The minimum atomic E-state index is -0.110. The van der Waals surface area contributed by atoms with E-state index in [9.17, 15) is 4.79 Å². The second kappa shape index (κ2) is 8.86. The number of carbonyl (C=O) groups excluding carboxylic acids is 1. The second-order valence-electron chi connectivity index (χ2n) is 5.38. The molecule has 0 radical (unpaired) electrons. The lowest BCUT2D eigenvalue weighted by Gasteiger charge is -2.28. The molecule has 1 rings (SSSR count). The zero-order valence-electron chi connectivity index (χ0n) is 13.1. The Labute approximate surface area is 136 Å². The van der Waals surface area contributed by atoms with Gasteiger partial charge in [0.25, 0.3) is 5.91 Å². The van der Waals surface area contributed by atoms with Crippen molar-refractivity contribution in [2.75, 3.05) is 13.1 Å². The summed E-state index contributed by atoms with van der Waals surface area (Å²) in [6.07, 6.45) is 0. The van der Waals surface area contributed by atoms with E-state index in [2.05, 4.69) is 65.7 Å². The van der Waals surface area contributed by atoms with Gasteiger partial charge in [0.15, 0.2) is 0 Å². The summed E-state index contributed by atoms with van der Waals surface area (Å²) in [6.45, 7) is 9.74. The van der Waals surface area contributed by atoms with Crippen molar-refractivity contribution in [3.8, 4) is 11.8 Å². The first-order chi connectivity index (χ1) is 9.93. The molecule has 4 heteroatoms. The Morgan fingerprint density at radius 3 is 2.38 bits per heavy atom. The highest BCUT2D eigenvalue weighted by Gasteiger charge is 2.11. The maximum absolute atomic E-state index is 12.0. The quantitative estimate of drug-likeness (QED) is 0.826. The minimum Gasteiger partial charge on any atom is -0.341 e. The largest absolute Gasteiger partial charge is 0.341 e. The number of benzene rings is 1. The molecule has 1 N–H and O–H groups in total. The maximum atomic E-state index is 12.0. The number of carbonyl (C=O) groups is 1. The van der Waals surface area contributed by atoms with Gasteiger partial charge in [-0.3, -0.25) is 9.69 Å². The molecular formula is C17H23BrN2O. The molecule has 1 amide bonds. The van der Waals surface area contributed by atoms with Crippen molar-refractivity contribution in [2.24, 2.45) is 0 Å². The smallest absolute Gasteiger partial charge is 0.253 e. The number of amides is 1. The minimum absolute atomic E-state index is 0.110. The first kappa shape index (κ1) is 17.7. The van der Waals surface area contributed by atoms with Crippen LogP contribution in [0.25, 0.3) is 0 Å². The summed E-state index contributed by atoms with van der Waals surface area (Å²) in [5, 5.41) is 2.81. The predicted molar refractivity (Wildman–Crippen MR) is 91.2 cm³/mol. The third-order valence-corrected chi connectivity index (χ3v) is 3.86. The first-order valence-electron chi connectivity index (χ1n) is 7.17. The molecule has 0 saturated heterocycles. The van der Waals surface area contributed by atoms with Crippen molar-refractivity contribution in [3.05, 3.63) is 34.3 Å². The molecule has 0 fully saturated rings. The van der Waals surface area contributed by atoms with E-state index in [4.69, 9.17) is 0 Å². The number of hydrogen-bond acceptors (Lipinski definition) is 2. The zero-order valence-corrected chi connectivity index (χ0v) is 14.7. The van der Waals surface area contributed by atoms with Gasteiger partial charge < -0.3 is 5.32 Å². The van der Waals surface area contributed by atoms with E-state index in [0.717, 1.165) is 11.0 Å². The Morgan fingerprint density at radius 2 is 1.81 bits per heavy atom. The van der Waals surface area contributed by atoms with Gasteiger partial charge in [-0.15, -0.1) is 0 Å². The predicted octanol–water partition coefficient (Wildman–Crippen LogP) is 3.30. The number of nitrogens with one attached hydrogen (secondary N) is 1. The van der Waals surface area contributed by atoms with Crippen LogP contribution in [0.5, 0.6) is 0 Å². The van der Waals surface area contributed by atoms with Crippen LogP contribution in [0, 0.1) is 11.8 Å². The van der Waals surface area contributed by atoms with E-state index < -0.39 is 0 Å². The fourth-order valence-electron chi connectivity index (χ4n) is 2.04. The van der Waals surface area contributed by atoms with Crippen molar-refractivity contribution in [1.29, 1.82) is 0 Å². The molecule has 1 aromatic rings. The van der Waals surface area contributed by atoms with Gasteiger partial charge in [0, 0.05) is 16.6 Å². The van der Waals surface area contributed by atoms with E-state index >= 15 is 0 Å². The zero-order chi connectivity index (χ0) is 15.8. The topological polar surface area (TPSA) is 32.3 Å². The van der Waals surface area contributed by atoms with Crippen molar-refractivity contribution < 1.29 is 4.79 Å². The van der Waals surface area contributed by atoms with Crippen LogP contribution in [-0.2, 0) is 0 Å². The summed E-state index contributed by atoms with van der Waals surface area (Å²) in [5.41, 5.74) is 0.630. The van der Waals surface area contributed by atoms with Crippen LogP contribution in [-0.4, -0.2) is 36.0 Å². The lowest BCUT2D eigenvalue weighted by Crippen LogP contribution is -2.37. The molecule has 21 heavy (non-hydrogen) atoms. The molecule has 3 nitrogen and oxygen atoms in total. The molecule has 0 heterocycles. The van der Waals surface area contributed by atoms with Gasteiger partial charge >= 0.3 is 0 Å². The Morgan fingerprint density at radius 1 is 1.19 bits per heavy atom. The second-order valence-corrected chi connectivity index (χ2v) is 6.23. The molecule has 0 aromatic heterocycles. The molecule has 0 spiro atoms. The Hall–Kier alpha value is -1.31. The van der Waals surface area contributed by atoms with Gasteiger partial charge in [-0.25, -0.2) is 0 Å². The molecule has 0 saturated carbocycles. The monoisotopic (exact) mass is 350 g/mol. The summed E-state index contributed by atoms with van der Waals surface area (Å²) in [5.74, 6) is 6.02. The van der Waals surface area contributed by atoms with Gasteiger partial charge in [0.1, 0.15) is 0 Å². The normalized spacial score (nSPS) is 10.7. The fraction of sp³-hybridized carbons (Fsp3) is 0.471. The number of halogens is 1. The molecular weight excluding hydrogens is 328 g/mol. The van der Waals surface area contributed by atoms with Gasteiger partial charge in [-0.2, -0.15) is 0 Å². The highest BCUT2D eigenvalue weighted by atomic mass is 79.9. The highest BCUT2D eigenvalue weighted by Crippen LogP contribution is 2.15. The third-order valence-electron chi connectivity index (χ3n) is 3.17. The van der Waals surface area contributed by atoms with Gasteiger partial charge in [-0.05, 0) is 55.8 Å². The first-order valence-corrected chi connectivity index (χ1v) is 7.97. The van der Waals surface area contributed by atoms with Crippen LogP contribution in [0.15, 0.2) is 28.7 Å². The van der Waals surface area contributed by atoms with Gasteiger partial charge in [0.2, 0.25) is 0 Å². The van der Waals surface area contributed by atoms with Crippen molar-refractivity contribution in [2.45, 2.75) is 39.8 Å². The van der Waals surface area contributed by atoms with E-state index in [0.29, 0.717) is 24.2 Å². The Bertz CT molecular complexity index is 521. The number of nitrogens with zero attached hydrogens (tertiary/aromatic N) is 1. The summed E-state index contributed by atoms with van der Waals surface area (Å²) >= 11 is 3.37. The summed E-state index contributed by atoms with van der Waals surface area (Å²) in [7, 11) is 0. The van der Waals surface area contributed by atoms with Crippen LogP contribution in [0.3, 0.4) is 0 Å². The molecule has 114 valence electrons. The maximum Gasteiger partial charge on any atom is 0.253 e. The van der Waals surface area contributed by atoms with E-state index in [1.165, 1.54) is 0 Å². The molecule has 0 aliphatic heterocycles. The summed E-state index contributed by atoms with van der Waals surface area (Å²) in [6, 6.07) is 8.29. The summed E-state index contributed by atoms with van der Waals surface area (Å²) in [4.78, 5) is 14.3. The average Bonchev–Trinajstić information content (AvgIpc) is 2.42. The van der Waals surface area contributed by atoms with E-state index in [1.54, 1.807) is 6.07 Å². The van der Waals surface area contributed by atoms with Crippen LogP contribution in [0.4, 0.5) is 0 Å². The lowest BCUT2D eigenvalue weighted by molar-refractivity contribution is 0.0958. The fourth-order valence-corrected chi connectivity index (χ4v) is 2.50. The Kier molecular flexibility index (Phi) is 7.49. The van der Waals surface area contributed by atoms with Gasteiger partial charge in [-0.1, -0.05) is 24.0 Å². The summed E-state index contributed by atoms with van der Waals surface area (Å²) < 4.78 is 0.793. The number of hydrogen-bond donors (Lipinski definition) is 1. The average molecular weight is 351 g/mol. The highest BCUT2D eigenvalue weighted by molar-refractivity contribution is 9.10. The van der Waals surface area contributed by atoms with Crippen molar-refractivity contribution in [3.63, 3.8) is 0 Å². The van der Waals surface area contributed by atoms with E-state index in [-0.39, 0.29) is 5.91 Å². The van der Waals surface area contributed by atoms with Crippen LogP contribution >= 0.6 is 15.9 Å². The molecule has 0 aliphatic rings. The molecule has 1 aromatic carbocycles. The van der Waals surface area contributed by atoms with Crippen molar-refractivity contribution in [1.82, 2.24) is 10.2 Å². The molecule has 0 aliphatic carbocycles. The molecule has 0 bridgehead atoms. The standard InChI is InChI=1S/C17H23BrN2O/c1-13(2)20(14(3)4)12-8-7-11-19-17(21)15-9-5-6-10-16(15)18/h5-6,9-10,13-14H,11-12H2,1-4H3,(H,19,21). The third kappa shape index (κ3) is 5.91. The molecule has 0 unspecified atom stereocenters. The van der Waals surface area contributed by atoms with E-state index in [1.807, 2.05) is 18.2 Å². The lowest BCUT2D eigenvalue weighted by atomic mass is 10.2. The Balaban J connectivity index is 2.46.